The van der Waals surface area contributed by atoms with Crippen LogP contribution in [0.25, 0.3) is 11.0 Å². The van der Waals surface area contributed by atoms with Crippen LogP contribution in [0.3, 0.4) is 0 Å². The fourth-order valence-electron chi connectivity index (χ4n) is 2.42. The minimum Gasteiger partial charge on any atom is -0.394 e. The summed E-state index contributed by atoms with van der Waals surface area (Å²) in [5.41, 5.74) is 2.05. The van der Waals surface area contributed by atoms with Crippen LogP contribution in [0.2, 0.25) is 0 Å². The SMILES string of the molecule is O=c1[nH]c2ccccc2nc1C(=NNc1ccccc1F)C(O)C(O)CO. The lowest BCUT2D eigenvalue weighted by Crippen LogP contribution is -2.40. The smallest absolute Gasteiger partial charge is 0.276 e. The zero-order valence-electron chi connectivity index (χ0n) is 14.0. The number of rotatable bonds is 6. The molecule has 0 amide bonds. The average molecular weight is 372 g/mol. The lowest BCUT2D eigenvalue weighted by Gasteiger charge is -2.17. The van der Waals surface area contributed by atoms with Crippen molar-refractivity contribution in [1.82, 2.24) is 9.97 Å². The van der Waals surface area contributed by atoms with Crippen molar-refractivity contribution < 1.29 is 19.7 Å². The van der Waals surface area contributed by atoms with Crippen molar-refractivity contribution in [2.45, 2.75) is 12.2 Å². The Balaban J connectivity index is 2.10. The molecule has 0 aliphatic carbocycles. The van der Waals surface area contributed by atoms with Crippen LogP contribution in [-0.2, 0) is 0 Å². The number of hydrogen-bond acceptors (Lipinski definition) is 7. The molecule has 0 fully saturated rings. The summed E-state index contributed by atoms with van der Waals surface area (Å²) in [5, 5.41) is 33.1. The summed E-state index contributed by atoms with van der Waals surface area (Å²) in [7, 11) is 0. The molecule has 0 aliphatic heterocycles. The van der Waals surface area contributed by atoms with E-state index in [-0.39, 0.29) is 17.1 Å². The van der Waals surface area contributed by atoms with Crippen LogP contribution in [0, 0.1) is 5.82 Å². The van der Waals surface area contributed by atoms with Crippen molar-refractivity contribution in [3.63, 3.8) is 0 Å². The number of para-hydroxylation sites is 3. The molecule has 0 saturated carbocycles. The van der Waals surface area contributed by atoms with E-state index >= 15 is 0 Å². The summed E-state index contributed by atoms with van der Waals surface area (Å²) in [5.74, 6) is -0.599. The minimum absolute atomic E-state index is 0.00194. The number of aromatic nitrogens is 2. The maximum Gasteiger partial charge on any atom is 0.276 e. The van der Waals surface area contributed by atoms with Crippen molar-refractivity contribution in [3.05, 3.63) is 70.4 Å². The van der Waals surface area contributed by atoms with Gasteiger partial charge in [0.05, 0.1) is 23.3 Å². The van der Waals surface area contributed by atoms with Gasteiger partial charge in [0.25, 0.3) is 5.56 Å². The number of aromatic amines is 1. The molecule has 5 N–H and O–H groups in total. The third-order valence-electron chi connectivity index (χ3n) is 3.84. The van der Waals surface area contributed by atoms with E-state index < -0.39 is 30.2 Å². The number of aliphatic hydroxyl groups is 3. The summed E-state index contributed by atoms with van der Waals surface area (Å²) < 4.78 is 13.8. The number of fused-ring (bicyclic) bond motifs is 1. The third-order valence-corrected chi connectivity index (χ3v) is 3.84. The minimum atomic E-state index is -1.73. The van der Waals surface area contributed by atoms with Gasteiger partial charge in [0.15, 0.2) is 5.69 Å². The Kier molecular flexibility index (Phi) is 5.55. The van der Waals surface area contributed by atoms with Crippen molar-refractivity contribution >= 4 is 22.4 Å². The quantitative estimate of drug-likeness (QED) is 0.318. The van der Waals surface area contributed by atoms with Crippen LogP contribution in [-0.4, -0.2) is 49.8 Å². The number of aliphatic hydroxyl groups excluding tert-OH is 3. The zero-order chi connectivity index (χ0) is 19.4. The predicted octanol–water partition coefficient (Wildman–Crippen LogP) is 0.592. The van der Waals surface area contributed by atoms with Crippen molar-refractivity contribution in [2.75, 3.05) is 12.0 Å². The second kappa shape index (κ2) is 8.04. The van der Waals surface area contributed by atoms with Crippen molar-refractivity contribution in [3.8, 4) is 0 Å². The molecule has 3 aromatic rings. The monoisotopic (exact) mass is 372 g/mol. The second-order valence-electron chi connectivity index (χ2n) is 5.72. The molecule has 3 rings (SSSR count). The van der Waals surface area contributed by atoms with E-state index in [0.29, 0.717) is 11.0 Å². The van der Waals surface area contributed by atoms with Gasteiger partial charge in [-0.2, -0.15) is 5.10 Å². The molecule has 1 heterocycles. The number of hydrogen-bond donors (Lipinski definition) is 5. The first-order valence-corrected chi connectivity index (χ1v) is 8.06. The Morgan fingerprint density at radius 1 is 1.19 bits per heavy atom. The molecular formula is C18H17FN4O4. The first-order chi connectivity index (χ1) is 13.0. The van der Waals surface area contributed by atoms with Gasteiger partial charge in [-0.25, -0.2) is 9.37 Å². The Hall–Kier alpha value is -3.14. The number of H-pyrrole nitrogens is 1. The van der Waals surface area contributed by atoms with E-state index in [1.165, 1.54) is 18.2 Å². The molecule has 27 heavy (non-hydrogen) atoms. The number of benzene rings is 2. The van der Waals surface area contributed by atoms with Gasteiger partial charge in [-0.05, 0) is 24.3 Å². The summed E-state index contributed by atoms with van der Waals surface area (Å²) in [6.07, 6.45) is -3.34. The van der Waals surface area contributed by atoms with E-state index in [2.05, 4.69) is 20.5 Å². The molecule has 0 saturated heterocycles. The molecule has 1 aromatic heterocycles. The summed E-state index contributed by atoms with van der Waals surface area (Å²) in [6.45, 7) is -0.772. The lowest BCUT2D eigenvalue weighted by atomic mass is 10.1. The molecule has 2 aromatic carbocycles. The van der Waals surface area contributed by atoms with E-state index in [1.54, 1.807) is 30.3 Å². The highest BCUT2D eigenvalue weighted by atomic mass is 19.1. The van der Waals surface area contributed by atoms with Crippen LogP contribution in [0.1, 0.15) is 5.69 Å². The maximum absolute atomic E-state index is 13.8. The molecule has 2 unspecified atom stereocenters. The molecule has 9 heteroatoms. The van der Waals surface area contributed by atoms with E-state index in [9.17, 15) is 19.4 Å². The predicted molar refractivity (Wildman–Crippen MR) is 98.0 cm³/mol. The summed E-state index contributed by atoms with van der Waals surface area (Å²) in [6, 6.07) is 12.4. The Bertz CT molecular complexity index is 1040. The molecular weight excluding hydrogens is 355 g/mol. The topological polar surface area (TPSA) is 131 Å². The zero-order valence-corrected chi connectivity index (χ0v) is 14.0. The number of nitrogens with one attached hydrogen (secondary N) is 2. The van der Waals surface area contributed by atoms with E-state index in [1.807, 2.05) is 0 Å². The van der Waals surface area contributed by atoms with Gasteiger partial charge in [-0.1, -0.05) is 24.3 Å². The molecule has 0 bridgehead atoms. The molecule has 140 valence electrons. The standard InChI is InChI=1S/C18H17FN4O4/c19-10-5-1-2-6-11(10)22-23-15(17(26)14(25)9-24)16-18(27)21-13-8-4-3-7-12(13)20-16/h1-8,14,17,22,24-26H,9H2,(H,21,27). The first kappa shape index (κ1) is 18.6. The Morgan fingerprint density at radius 2 is 1.89 bits per heavy atom. The molecule has 0 spiro atoms. The fraction of sp³-hybridized carbons (Fsp3) is 0.167. The normalized spacial score (nSPS) is 14.1. The van der Waals surface area contributed by atoms with Gasteiger partial charge < -0.3 is 20.3 Å². The lowest BCUT2D eigenvalue weighted by molar-refractivity contribution is 0.0185. The highest BCUT2D eigenvalue weighted by Gasteiger charge is 2.27. The summed E-state index contributed by atoms with van der Waals surface area (Å²) >= 11 is 0. The van der Waals surface area contributed by atoms with Crippen LogP contribution >= 0.6 is 0 Å². The fourth-order valence-corrected chi connectivity index (χ4v) is 2.42. The summed E-state index contributed by atoms with van der Waals surface area (Å²) in [4.78, 5) is 19.2. The number of hydrazone groups is 1. The van der Waals surface area contributed by atoms with Crippen LogP contribution in [0.5, 0.6) is 0 Å². The van der Waals surface area contributed by atoms with Gasteiger partial charge in [-0.3, -0.25) is 10.2 Å². The van der Waals surface area contributed by atoms with Crippen molar-refractivity contribution in [1.29, 1.82) is 0 Å². The number of nitrogens with zero attached hydrogens (tertiary/aromatic N) is 2. The molecule has 0 radical (unpaired) electrons. The van der Waals surface area contributed by atoms with Gasteiger partial charge in [0.2, 0.25) is 0 Å². The average Bonchev–Trinajstić information content (AvgIpc) is 2.68. The van der Waals surface area contributed by atoms with Gasteiger partial charge in [0.1, 0.15) is 23.7 Å². The number of halogens is 1. The second-order valence-corrected chi connectivity index (χ2v) is 5.72. The van der Waals surface area contributed by atoms with Crippen LogP contribution < -0.4 is 11.0 Å². The van der Waals surface area contributed by atoms with Crippen LogP contribution in [0.15, 0.2) is 58.4 Å². The molecule has 2 atom stereocenters. The first-order valence-electron chi connectivity index (χ1n) is 8.06. The van der Waals surface area contributed by atoms with Gasteiger partial charge in [0, 0.05) is 0 Å². The van der Waals surface area contributed by atoms with Gasteiger partial charge in [-0.15, -0.1) is 0 Å². The van der Waals surface area contributed by atoms with Crippen LogP contribution in [0.4, 0.5) is 10.1 Å². The largest absolute Gasteiger partial charge is 0.394 e. The highest BCUT2D eigenvalue weighted by Crippen LogP contribution is 2.14. The number of anilines is 1. The Morgan fingerprint density at radius 3 is 2.63 bits per heavy atom. The highest BCUT2D eigenvalue weighted by molar-refractivity contribution is 6.03. The maximum atomic E-state index is 13.8. The van der Waals surface area contributed by atoms with E-state index in [4.69, 9.17) is 5.11 Å². The van der Waals surface area contributed by atoms with Crippen molar-refractivity contribution in [2.24, 2.45) is 5.10 Å². The molecule has 0 aliphatic rings. The third kappa shape index (κ3) is 4.00. The van der Waals surface area contributed by atoms with E-state index in [0.717, 1.165) is 0 Å². The van der Waals surface area contributed by atoms with Gasteiger partial charge >= 0.3 is 0 Å². The Labute approximate surface area is 152 Å². The molecule has 8 nitrogen and oxygen atoms in total.